The summed E-state index contributed by atoms with van der Waals surface area (Å²) in [5, 5.41) is 0. The Morgan fingerprint density at radius 3 is 1.91 bits per heavy atom. The predicted octanol–water partition coefficient (Wildman–Crippen LogP) is 0.156. The van der Waals surface area contributed by atoms with Crippen molar-refractivity contribution >= 4 is 5.98 Å². The van der Waals surface area contributed by atoms with Crippen molar-refractivity contribution in [3.63, 3.8) is 0 Å². The van der Waals surface area contributed by atoms with Crippen LogP contribution in [0.25, 0.3) is 0 Å². The van der Waals surface area contributed by atoms with Gasteiger partial charge in [0.1, 0.15) is 0 Å². The maximum absolute atomic E-state index is 2.67. The van der Waals surface area contributed by atoms with E-state index in [0.29, 0.717) is 6.34 Å². The quantitative estimate of drug-likeness (QED) is 0.439. The fourth-order valence-electron chi connectivity index (χ4n) is 4.64. The van der Waals surface area contributed by atoms with E-state index >= 15 is 0 Å². The van der Waals surface area contributed by atoms with E-state index in [1.807, 2.05) is 0 Å². The first-order valence-electron chi connectivity index (χ1n) is 8.41. The summed E-state index contributed by atoms with van der Waals surface area (Å²) in [5.41, 5.74) is 4.82. The Bertz CT molecular complexity index is 534. The smallest absolute Gasteiger partial charge is 1.00 e. The van der Waals surface area contributed by atoms with Crippen LogP contribution in [0.1, 0.15) is 47.5 Å². The Labute approximate surface area is 164 Å². The number of hydrogen-bond acceptors (Lipinski definition) is 0. The van der Waals surface area contributed by atoms with E-state index in [1.165, 1.54) is 12.8 Å². The molecule has 1 unspecified atom stereocenters. The van der Waals surface area contributed by atoms with E-state index in [0.717, 1.165) is 0 Å². The minimum absolute atomic E-state index is 0. The molecule has 1 atom stereocenters. The molecule has 0 aromatic carbocycles. The monoisotopic (exact) mass is 537 g/mol. The van der Waals surface area contributed by atoms with Crippen molar-refractivity contribution in [2.24, 2.45) is 0 Å². The molecule has 0 radical (unpaired) electrons. The van der Waals surface area contributed by atoms with Crippen molar-refractivity contribution in [2.45, 2.75) is 66.9 Å². The minimum Gasteiger partial charge on any atom is -1.00 e. The third kappa shape index (κ3) is 4.07. The average Bonchev–Trinajstić information content (AvgIpc) is 2.91. The molecule has 23 heavy (non-hydrogen) atoms. The van der Waals surface area contributed by atoms with Crippen molar-refractivity contribution in [3.05, 3.63) is 47.1 Å². The summed E-state index contributed by atoms with van der Waals surface area (Å²) in [7, 11) is 0. The number of halogens is 2. The van der Waals surface area contributed by atoms with Crippen LogP contribution in [0.3, 0.4) is 0 Å². The van der Waals surface area contributed by atoms with Gasteiger partial charge >= 0.3 is 141 Å². The van der Waals surface area contributed by atoms with Gasteiger partial charge in [-0.3, -0.25) is 0 Å². The van der Waals surface area contributed by atoms with Gasteiger partial charge in [-0.05, 0) is 0 Å². The third-order valence-corrected chi connectivity index (χ3v) is 40.1. The molecule has 0 nitrogen and oxygen atoms in total. The second-order valence-corrected chi connectivity index (χ2v) is 36.9. The molecule has 0 aliphatic heterocycles. The van der Waals surface area contributed by atoms with Gasteiger partial charge in [0, 0.05) is 0 Å². The minimum atomic E-state index is -1.91. The summed E-state index contributed by atoms with van der Waals surface area (Å²) in [6.07, 6.45) is 15.2. The predicted molar refractivity (Wildman–Crippen MR) is 95.3 cm³/mol. The fraction of sp³-hybridized carbons (Fsp3) is 0.579. The average molecular weight is 537 g/mol. The van der Waals surface area contributed by atoms with Gasteiger partial charge in [0.15, 0.2) is 0 Å². The van der Waals surface area contributed by atoms with Crippen LogP contribution in [0.4, 0.5) is 0 Å². The van der Waals surface area contributed by atoms with Crippen molar-refractivity contribution in [1.82, 2.24) is 0 Å². The number of hydrogen-bond donors (Lipinski definition) is 0. The van der Waals surface area contributed by atoms with E-state index in [1.54, 1.807) is 16.7 Å². The first-order chi connectivity index (χ1) is 9.78. The van der Waals surface area contributed by atoms with Crippen LogP contribution in [0.2, 0.25) is 19.4 Å². The normalized spacial score (nSPS) is 24.6. The molecule has 0 aromatic heterocycles. The zero-order valence-electron chi connectivity index (χ0n) is 15.6. The molecule has 4 heteroatoms. The van der Waals surface area contributed by atoms with Gasteiger partial charge in [0.2, 0.25) is 0 Å². The first kappa shape index (κ1) is 23.6. The summed E-state index contributed by atoms with van der Waals surface area (Å²) in [5.74, 6) is -0.619. The zero-order chi connectivity index (χ0) is 15.8. The summed E-state index contributed by atoms with van der Waals surface area (Å²) >= 11 is -1.91. The van der Waals surface area contributed by atoms with Crippen LogP contribution in [0.5, 0.6) is 0 Å². The van der Waals surface area contributed by atoms with Crippen LogP contribution in [-0.2, 0) is 20.6 Å². The van der Waals surface area contributed by atoms with E-state index in [2.05, 4.69) is 78.1 Å². The van der Waals surface area contributed by atoms with Crippen LogP contribution in [0, 0.1) is 0 Å². The Morgan fingerprint density at radius 2 is 1.57 bits per heavy atom. The molecule has 129 valence electrons. The second-order valence-electron chi connectivity index (χ2n) is 7.36. The van der Waals surface area contributed by atoms with E-state index in [-0.39, 0.29) is 24.8 Å². The molecule has 0 saturated carbocycles. The van der Waals surface area contributed by atoms with Gasteiger partial charge in [-0.15, -0.1) is 0 Å². The van der Waals surface area contributed by atoms with E-state index < -0.39 is 26.6 Å². The van der Waals surface area contributed by atoms with Gasteiger partial charge in [0.25, 0.3) is 0 Å². The molecule has 0 heterocycles. The van der Waals surface area contributed by atoms with Crippen LogP contribution in [0.15, 0.2) is 47.1 Å². The van der Waals surface area contributed by atoms with Crippen LogP contribution in [-0.4, -0.2) is 5.98 Å². The molecule has 0 spiro atoms. The molecule has 2 aliphatic carbocycles. The van der Waals surface area contributed by atoms with Crippen molar-refractivity contribution in [2.75, 3.05) is 0 Å². The molecule has 2 rings (SSSR count). The van der Waals surface area contributed by atoms with Gasteiger partial charge in [-0.1, -0.05) is 0 Å². The summed E-state index contributed by atoms with van der Waals surface area (Å²) < 4.78 is 0.949. The summed E-state index contributed by atoms with van der Waals surface area (Å²) in [6.45, 7) is 17.3. The Balaban J connectivity index is 0.00000242. The maximum atomic E-state index is 2.67. The molecule has 2 aliphatic rings. The Kier molecular flexibility index (Phi) is 9.07. The molecule has 0 amide bonds. The van der Waals surface area contributed by atoms with E-state index in [9.17, 15) is 0 Å². The topological polar surface area (TPSA) is 0 Å². The molecule has 0 bridgehead atoms. The molecular weight excluding hydrogens is 506 g/mol. The van der Waals surface area contributed by atoms with Crippen molar-refractivity contribution in [1.29, 1.82) is 0 Å². The fourth-order valence-corrected chi connectivity index (χ4v) is 47.4. The van der Waals surface area contributed by atoms with Crippen molar-refractivity contribution in [3.8, 4) is 0 Å². The Morgan fingerprint density at radius 1 is 1.04 bits per heavy atom. The van der Waals surface area contributed by atoms with Gasteiger partial charge < -0.3 is 24.8 Å². The molecular formula is C19H31Cl2HfSi. The largest absolute Gasteiger partial charge is 1.00 e. The Hall–Kier alpha value is 0.627. The van der Waals surface area contributed by atoms with Gasteiger partial charge in [-0.25, -0.2) is 0 Å². The molecule has 0 fully saturated rings. The summed E-state index contributed by atoms with van der Waals surface area (Å²) in [6, 6.07) is 0. The summed E-state index contributed by atoms with van der Waals surface area (Å²) in [4.78, 5) is 0. The third-order valence-electron chi connectivity index (χ3n) is 5.64. The number of allylic oxidation sites excluding steroid dienone is 8. The van der Waals surface area contributed by atoms with Gasteiger partial charge in [-0.2, -0.15) is 0 Å². The standard InChI is InChI=1S/C9H13.C8H11.C2H7Si.2ClH.Hf/c1-6-5-7(2)9(4)8(6)3;1-2-5-8-6-3-4-7-8;1-3-2;;;/h5H,1-4H3;3-4,6-7H,2,5H2,1H3;3H,1-2H3;2*1H;/q;;;;;+2/p-2. The molecule has 0 saturated heterocycles. The molecule has 0 N–H and O–H groups in total. The van der Waals surface area contributed by atoms with Crippen molar-refractivity contribution < 1.29 is 45.4 Å². The van der Waals surface area contributed by atoms with Gasteiger partial charge in [0.05, 0.1) is 0 Å². The zero-order valence-corrected chi connectivity index (χ0v) is 21.9. The van der Waals surface area contributed by atoms with Crippen LogP contribution < -0.4 is 24.8 Å². The SMILES string of the molecule is CCC[C]1([Hf+2]([SiH](C)C)[C]2(C)C=C(C)C(C)=C2C)C=CC=C1.[Cl-].[Cl-]. The number of rotatable bonds is 5. The second kappa shape index (κ2) is 8.83. The van der Waals surface area contributed by atoms with Crippen LogP contribution >= 0.6 is 0 Å². The van der Waals surface area contributed by atoms with E-state index in [4.69, 9.17) is 0 Å². The molecule has 0 aromatic rings. The maximum Gasteiger partial charge on any atom is -1.00 e. The first-order valence-corrected chi connectivity index (χ1v) is 21.1.